The predicted molar refractivity (Wildman–Crippen MR) is 97.2 cm³/mol. The molecule has 1 aromatic heterocycles. The maximum atomic E-state index is 5.30. The van der Waals surface area contributed by atoms with Gasteiger partial charge in [-0.3, -0.25) is 0 Å². The molecule has 0 saturated carbocycles. The molecule has 1 atom stereocenters. The Bertz CT molecular complexity index is 408. The van der Waals surface area contributed by atoms with Crippen LogP contribution in [0.5, 0.6) is 0 Å². The quantitative estimate of drug-likeness (QED) is 0.448. The highest BCUT2D eigenvalue weighted by Crippen LogP contribution is 2.13. The lowest BCUT2D eigenvalue weighted by molar-refractivity contribution is 0.210. The highest BCUT2D eigenvalue weighted by molar-refractivity contribution is 14.0. The van der Waals surface area contributed by atoms with Crippen LogP contribution >= 0.6 is 24.0 Å². The third kappa shape index (κ3) is 6.69. The molecule has 5 nitrogen and oxygen atoms in total. The Morgan fingerprint density at radius 2 is 2.33 bits per heavy atom. The Labute approximate surface area is 144 Å². The molecule has 2 heterocycles. The number of hydrogen-bond acceptors (Lipinski definition) is 3. The Kier molecular flexibility index (Phi) is 8.75. The van der Waals surface area contributed by atoms with Gasteiger partial charge in [0.2, 0.25) is 0 Å². The Morgan fingerprint density at radius 1 is 1.48 bits per heavy atom. The summed E-state index contributed by atoms with van der Waals surface area (Å²) >= 11 is 0. The molecule has 0 bridgehead atoms. The van der Waals surface area contributed by atoms with Crippen molar-refractivity contribution in [3.05, 3.63) is 24.2 Å². The van der Waals surface area contributed by atoms with Crippen LogP contribution in [0.3, 0.4) is 0 Å². The van der Waals surface area contributed by atoms with Crippen LogP contribution in [0.2, 0.25) is 0 Å². The Morgan fingerprint density at radius 3 is 3.00 bits per heavy atom. The van der Waals surface area contributed by atoms with Gasteiger partial charge in [0, 0.05) is 19.6 Å². The van der Waals surface area contributed by atoms with Crippen molar-refractivity contribution in [3.8, 4) is 0 Å². The van der Waals surface area contributed by atoms with E-state index >= 15 is 0 Å². The van der Waals surface area contributed by atoms with Gasteiger partial charge in [-0.05, 0) is 51.4 Å². The predicted octanol–water partition coefficient (Wildman–Crippen LogP) is 2.29. The monoisotopic (exact) mass is 406 g/mol. The van der Waals surface area contributed by atoms with E-state index in [9.17, 15) is 0 Å². The summed E-state index contributed by atoms with van der Waals surface area (Å²) in [5, 5.41) is 6.72. The molecule has 0 aromatic carbocycles. The van der Waals surface area contributed by atoms with Gasteiger partial charge in [-0.1, -0.05) is 0 Å². The van der Waals surface area contributed by atoms with Gasteiger partial charge in [-0.15, -0.1) is 24.0 Å². The molecule has 1 aliphatic heterocycles. The lowest BCUT2D eigenvalue weighted by atomic mass is 9.99. The minimum Gasteiger partial charge on any atom is -0.467 e. The Balaban J connectivity index is 0.00000220. The average Bonchev–Trinajstić information content (AvgIpc) is 2.95. The number of likely N-dealkylation sites (tertiary alicyclic amines) is 1. The average molecular weight is 406 g/mol. The van der Waals surface area contributed by atoms with E-state index in [1.165, 1.54) is 25.9 Å². The number of nitrogens with one attached hydrogen (secondary N) is 2. The van der Waals surface area contributed by atoms with Crippen molar-refractivity contribution in [3.63, 3.8) is 0 Å². The van der Waals surface area contributed by atoms with Crippen molar-refractivity contribution in [2.45, 2.75) is 26.3 Å². The highest BCUT2D eigenvalue weighted by atomic mass is 127. The molecule has 1 aromatic rings. The van der Waals surface area contributed by atoms with Crippen molar-refractivity contribution in [2.75, 3.05) is 33.2 Å². The van der Waals surface area contributed by atoms with Crippen molar-refractivity contribution >= 4 is 29.9 Å². The summed E-state index contributed by atoms with van der Waals surface area (Å²) in [5.41, 5.74) is 0. The van der Waals surface area contributed by atoms with Crippen LogP contribution in [0, 0.1) is 5.92 Å². The first-order valence-electron chi connectivity index (χ1n) is 7.51. The van der Waals surface area contributed by atoms with Crippen LogP contribution in [0.1, 0.15) is 25.5 Å². The number of nitrogens with zero attached hydrogens (tertiary/aromatic N) is 2. The summed E-state index contributed by atoms with van der Waals surface area (Å²) in [6.07, 6.45) is 4.28. The summed E-state index contributed by atoms with van der Waals surface area (Å²) in [6.45, 7) is 6.90. The molecule has 1 unspecified atom stereocenters. The summed E-state index contributed by atoms with van der Waals surface area (Å²) < 4.78 is 5.30. The lowest BCUT2D eigenvalue weighted by Gasteiger charge is -2.30. The van der Waals surface area contributed by atoms with Crippen LogP contribution in [0.15, 0.2) is 27.8 Å². The molecular weight excluding hydrogens is 379 g/mol. The molecule has 1 saturated heterocycles. The van der Waals surface area contributed by atoms with Gasteiger partial charge in [0.05, 0.1) is 6.26 Å². The normalized spacial score (nSPS) is 19.9. The number of piperidine rings is 1. The zero-order chi connectivity index (χ0) is 14.2. The second-order valence-electron chi connectivity index (χ2n) is 5.43. The maximum absolute atomic E-state index is 5.30. The first kappa shape index (κ1) is 18.3. The maximum Gasteiger partial charge on any atom is 0.191 e. The summed E-state index contributed by atoms with van der Waals surface area (Å²) in [4.78, 5) is 6.95. The molecule has 1 aliphatic rings. The molecule has 0 amide bonds. The molecule has 0 radical (unpaired) electrons. The van der Waals surface area contributed by atoms with Gasteiger partial charge >= 0.3 is 0 Å². The third-order valence-corrected chi connectivity index (χ3v) is 3.60. The topological polar surface area (TPSA) is 52.8 Å². The summed E-state index contributed by atoms with van der Waals surface area (Å²) in [5.74, 6) is 2.47. The van der Waals surface area contributed by atoms with E-state index in [1.807, 2.05) is 12.1 Å². The van der Waals surface area contributed by atoms with Gasteiger partial charge < -0.3 is 20.0 Å². The summed E-state index contributed by atoms with van der Waals surface area (Å²) in [6, 6.07) is 3.84. The van der Waals surface area contributed by atoms with Gasteiger partial charge in [0.1, 0.15) is 12.3 Å². The van der Waals surface area contributed by atoms with Crippen molar-refractivity contribution in [1.29, 1.82) is 0 Å². The number of rotatable bonds is 5. The highest BCUT2D eigenvalue weighted by Gasteiger charge is 2.17. The number of aliphatic imine (C=N–C) groups is 1. The van der Waals surface area contributed by atoms with Crippen molar-refractivity contribution in [1.82, 2.24) is 15.5 Å². The third-order valence-electron chi connectivity index (χ3n) is 3.60. The fraction of sp³-hybridized carbons (Fsp3) is 0.667. The molecule has 6 heteroatoms. The van der Waals surface area contributed by atoms with Crippen LogP contribution in [-0.2, 0) is 6.54 Å². The van der Waals surface area contributed by atoms with Crippen LogP contribution in [0.4, 0.5) is 0 Å². The van der Waals surface area contributed by atoms with E-state index in [4.69, 9.17) is 4.42 Å². The van der Waals surface area contributed by atoms with Crippen molar-refractivity contribution < 1.29 is 4.42 Å². The van der Waals surface area contributed by atoms with E-state index in [2.05, 4.69) is 34.5 Å². The minimum atomic E-state index is 0. The molecule has 1 fully saturated rings. The molecule has 0 spiro atoms. The van der Waals surface area contributed by atoms with E-state index in [0.29, 0.717) is 12.5 Å². The van der Waals surface area contributed by atoms with Crippen LogP contribution in [0.25, 0.3) is 0 Å². The molecule has 120 valence electrons. The number of hydrogen-bond donors (Lipinski definition) is 2. The molecule has 21 heavy (non-hydrogen) atoms. The zero-order valence-corrected chi connectivity index (χ0v) is 15.3. The molecule has 0 aliphatic carbocycles. The minimum absolute atomic E-state index is 0. The largest absolute Gasteiger partial charge is 0.467 e. The second kappa shape index (κ2) is 10.0. The van der Waals surface area contributed by atoms with E-state index in [1.54, 1.807) is 6.26 Å². The lowest BCUT2D eigenvalue weighted by Crippen LogP contribution is -2.43. The smallest absolute Gasteiger partial charge is 0.191 e. The standard InChI is InChI=1S/C15H26N4O.HI/c1-3-16-15(18-11-14-7-5-9-20-14)17-10-13-6-4-8-19(2)12-13;/h5,7,9,13H,3-4,6,8,10-12H2,1-2H3,(H2,16,17,18);1H. The summed E-state index contributed by atoms with van der Waals surface area (Å²) in [7, 11) is 2.20. The number of halogens is 1. The van der Waals surface area contributed by atoms with E-state index in [-0.39, 0.29) is 24.0 Å². The van der Waals surface area contributed by atoms with Crippen molar-refractivity contribution in [2.24, 2.45) is 10.9 Å². The molecule has 2 rings (SSSR count). The fourth-order valence-electron chi connectivity index (χ4n) is 2.58. The van der Waals surface area contributed by atoms with Gasteiger partial charge in [-0.25, -0.2) is 4.99 Å². The fourth-order valence-corrected chi connectivity index (χ4v) is 2.58. The Hall–Kier alpha value is -0.760. The number of guanidine groups is 1. The molecular formula is C15H27IN4O. The van der Waals surface area contributed by atoms with E-state index in [0.717, 1.165) is 24.8 Å². The van der Waals surface area contributed by atoms with Gasteiger partial charge in [-0.2, -0.15) is 0 Å². The first-order valence-corrected chi connectivity index (χ1v) is 7.51. The second-order valence-corrected chi connectivity index (χ2v) is 5.43. The SMILES string of the molecule is CCNC(=NCc1ccco1)NCC1CCCN(C)C1.I. The number of furan rings is 1. The van der Waals surface area contributed by atoms with Gasteiger partial charge in [0.15, 0.2) is 5.96 Å². The van der Waals surface area contributed by atoms with Gasteiger partial charge in [0.25, 0.3) is 0 Å². The zero-order valence-electron chi connectivity index (χ0n) is 13.0. The van der Waals surface area contributed by atoms with E-state index < -0.39 is 0 Å². The van der Waals surface area contributed by atoms with Crippen LogP contribution in [-0.4, -0.2) is 44.1 Å². The van der Waals surface area contributed by atoms with Crippen LogP contribution < -0.4 is 10.6 Å². The first-order chi connectivity index (χ1) is 9.78. The molecule has 2 N–H and O–H groups in total.